The predicted molar refractivity (Wildman–Crippen MR) is 104 cm³/mol. The molecule has 4 nitrogen and oxygen atoms in total. The monoisotopic (exact) mass is 394 g/mol. The van der Waals surface area contributed by atoms with Gasteiger partial charge < -0.3 is 4.57 Å². The Morgan fingerprint density at radius 3 is 2.76 bits per heavy atom. The zero-order valence-electron chi connectivity index (χ0n) is 14.1. The van der Waals surface area contributed by atoms with Gasteiger partial charge in [0, 0.05) is 28.6 Å². The van der Waals surface area contributed by atoms with Crippen LogP contribution in [-0.2, 0) is 13.1 Å². The van der Waals surface area contributed by atoms with Crippen molar-refractivity contribution in [2.75, 3.05) is 0 Å². The highest BCUT2D eigenvalue weighted by molar-refractivity contribution is 9.10. The van der Waals surface area contributed by atoms with E-state index in [1.165, 1.54) is 5.56 Å². The van der Waals surface area contributed by atoms with Crippen LogP contribution in [0.4, 0.5) is 0 Å². The Balaban J connectivity index is 1.82. The molecule has 1 aromatic carbocycles. The number of imidazole rings is 1. The minimum Gasteiger partial charge on any atom is -0.336 e. The maximum atomic E-state index is 4.84. The molecule has 0 unspecified atom stereocenters. The van der Waals surface area contributed by atoms with E-state index < -0.39 is 0 Å². The molecule has 0 bridgehead atoms. The van der Waals surface area contributed by atoms with E-state index in [4.69, 9.17) is 4.98 Å². The first-order chi connectivity index (χ1) is 12.2. The first kappa shape index (κ1) is 16.1. The van der Waals surface area contributed by atoms with Gasteiger partial charge in [0.05, 0.1) is 0 Å². The van der Waals surface area contributed by atoms with Crippen molar-refractivity contribution in [2.24, 2.45) is 0 Å². The predicted octanol–water partition coefficient (Wildman–Crippen LogP) is 5.12. The summed E-state index contributed by atoms with van der Waals surface area (Å²) in [6.45, 7) is 2.90. The van der Waals surface area contributed by atoms with Gasteiger partial charge >= 0.3 is 0 Å². The highest BCUT2D eigenvalue weighted by atomic mass is 79.9. The zero-order valence-corrected chi connectivity index (χ0v) is 15.6. The molecule has 0 aliphatic carbocycles. The Morgan fingerprint density at radius 2 is 1.96 bits per heavy atom. The van der Waals surface area contributed by atoms with E-state index in [1.807, 2.05) is 30.5 Å². The number of nitrogens with zero attached hydrogens (tertiary/aromatic N) is 4. The van der Waals surface area contributed by atoms with E-state index in [1.54, 1.807) is 0 Å². The van der Waals surface area contributed by atoms with Crippen LogP contribution in [0.3, 0.4) is 0 Å². The number of benzene rings is 1. The summed E-state index contributed by atoms with van der Waals surface area (Å²) in [5.41, 5.74) is 4.25. The Bertz CT molecular complexity index is 1000. The van der Waals surface area contributed by atoms with Crippen LogP contribution in [0.25, 0.3) is 22.6 Å². The Kier molecular flexibility index (Phi) is 4.40. The number of aryl methyl sites for hydroxylation is 1. The van der Waals surface area contributed by atoms with Crippen LogP contribution in [0.2, 0.25) is 0 Å². The first-order valence-electron chi connectivity index (χ1n) is 8.46. The molecular weight excluding hydrogens is 376 g/mol. The van der Waals surface area contributed by atoms with Gasteiger partial charge in [-0.2, -0.15) is 0 Å². The van der Waals surface area contributed by atoms with Crippen molar-refractivity contribution in [1.29, 1.82) is 0 Å². The molecule has 5 heteroatoms. The number of hydrogen-bond acceptors (Lipinski definition) is 2. The topological polar surface area (TPSA) is 35.6 Å². The minimum atomic E-state index is 0.694. The lowest BCUT2D eigenvalue weighted by molar-refractivity contribution is 0.625. The normalized spacial score (nSPS) is 11.3. The van der Waals surface area contributed by atoms with Gasteiger partial charge in [0.15, 0.2) is 5.65 Å². The fourth-order valence-electron chi connectivity index (χ4n) is 3.11. The van der Waals surface area contributed by atoms with Crippen molar-refractivity contribution in [3.63, 3.8) is 0 Å². The SMILES string of the molecule is CCCc1ccn(Cn2c(-c3ccccc3)nc3cc(Br)cnc32)c1. The van der Waals surface area contributed by atoms with Gasteiger partial charge in [-0.25, -0.2) is 9.97 Å². The molecule has 25 heavy (non-hydrogen) atoms. The van der Waals surface area contributed by atoms with E-state index in [0.717, 1.165) is 39.9 Å². The average Bonchev–Trinajstić information content (AvgIpc) is 3.21. The highest BCUT2D eigenvalue weighted by Crippen LogP contribution is 2.25. The minimum absolute atomic E-state index is 0.694. The van der Waals surface area contributed by atoms with Gasteiger partial charge in [0.25, 0.3) is 0 Å². The van der Waals surface area contributed by atoms with Gasteiger partial charge in [-0.15, -0.1) is 0 Å². The van der Waals surface area contributed by atoms with E-state index in [9.17, 15) is 0 Å². The second-order valence-electron chi connectivity index (χ2n) is 6.15. The van der Waals surface area contributed by atoms with Crippen LogP contribution in [0.5, 0.6) is 0 Å². The molecule has 4 rings (SSSR count). The van der Waals surface area contributed by atoms with Gasteiger partial charge in [-0.1, -0.05) is 43.7 Å². The molecule has 0 aliphatic heterocycles. The van der Waals surface area contributed by atoms with Crippen LogP contribution in [0, 0.1) is 0 Å². The number of fused-ring (bicyclic) bond motifs is 1. The fourth-order valence-corrected chi connectivity index (χ4v) is 3.43. The molecule has 0 atom stereocenters. The molecule has 0 fully saturated rings. The largest absolute Gasteiger partial charge is 0.336 e. The third kappa shape index (κ3) is 3.24. The molecule has 0 radical (unpaired) electrons. The number of aromatic nitrogens is 4. The lowest BCUT2D eigenvalue weighted by atomic mass is 10.2. The van der Waals surface area contributed by atoms with Crippen LogP contribution in [0.1, 0.15) is 18.9 Å². The van der Waals surface area contributed by atoms with Crippen LogP contribution >= 0.6 is 15.9 Å². The first-order valence-corrected chi connectivity index (χ1v) is 9.26. The molecule has 0 spiro atoms. The van der Waals surface area contributed by atoms with Crippen LogP contribution < -0.4 is 0 Å². The fraction of sp³-hybridized carbons (Fsp3) is 0.200. The third-order valence-electron chi connectivity index (χ3n) is 4.24. The number of pyridine rings is 1. The summed E-state index contributed by atoms with van der Waals surface area (Å²) in [6, 6.07) is 14.5. The van der Waals surface area contributed by atoms with Crippen LogP contribution in [-0.4, -0.2) is 19.1 Å². The summed E-state index contributed by atoms with van der Waals surface area (Å²) in [5.74, 6) is 0.937. The molecular formula is C20H19BrN4. The van der Waals surface area contributed by atoms with E-state index in [-0.39, 0.29) is 0 Å². The molecule has 3 aromatic heterocycles. The summed E-state index contributed by atoms with van der Waals surface area (Å²) >= 11 is 3.49. The van der Waals surface area contributed by atoms with Gasteiger partial charge in [0.1, 0.15) is 18.0 Å². The summed E-state index contributed by atoms with van der Waals surface area (Å²) in [5, 5.41) is 0. The Hall–Kier alpha value is -2.40. The molecule has 0 aliphatic rings. The van der Waals surface area contributed by atoms with Crippen molar-refractivity contribution >= 4 is 27.1 Å². The molecule has 126 valence electrons. The van der Waals surface area contributed by atoms with Crippen molar-refractivity contribution in [1.82, 2.24) is 19.1 Å². The maximum Gasteiger partial charge on any atom is 0.161 e. The Labute approximate surface area is 155 Å². The van der Waals surface area contributed by atoms with E-state index in [0.29, 0.717) is 6.67 Å². The van der Waals surface area contributed by atoms with E-state index in [2.05, 4.69) is 67.6 Å². The molecule has 0 saturated carbocycles. The lowest BCUT2D eigenvalue weighted by Gasteiger charge is -2.10. The van der Waals surface area contributed by atoms with Gasteiger partial charge in [0.2, 0.25) is 0 Å². The maximum absolute atomic E-state index is 4.84. The number of hydrogen-bond donors (Lipinski definition) is 0. The van der Waals surface area contributed by atoms with Crippen molar-refractivity contribution in [3.8, 4) is 11.4 Å². The highest BCUT2D eigenvalue weighted by Gasteiger charge is 2.14. The number of halogens is 1. The van der Waals surface area contributed by atoms with Crippen molar-refractivity contribution in [2.45, 2.75) is 26.4 Å². The number of rotatable bonds is 5. The summed E-state index contributed by atoms with van der Waals surface area (Å²) < 4.78 is 5.31. The van der Waals surface area contributed by atoms with Crippen molar-refractivity contribution < 1.29 is 0 Å². The molecule has 0 amide bonds. The molecule has 0 N–H and O–H groups in total. The summed E-state index contributed by atoms with van der Waals surface area (Å²) in [4.78, 5) is 9.45. The second kappa shape index (κ2) is 6.84. The van der Waals surface area contributed by atoms with Gasteiger partial charge in [-0.3, -0.25) is 4.57 Å². The van der Waals surface area contributed by atoms with E-state index >= 15 is 0 Å². The molecule has 0 saturated heterocycles. The molecule has 3 heterocycles. The third-order valence-corrected chi connectivity index (χ3v) is 4.67. The summed E-state index contributed by atoms with van der Waals surface area (Å²) in [7, 11) is 0. The van der Waals surface area contributed by atoms with Crippen molar-refractivity contribution in [3.05, 3.63) is 71.1 Å². The smallest absolute Gasteiger partial charge is 0.161 e. The lowest BCUT2D eigenvalue weighted by Crippen LogP contribution is -2.08. The quantitative estimate of drug-likeness (QED) is 0.470. The summed E-state index contributed by atoms with van der Waals surface area (Å²) in [6.07, 6.45) is 8.43. The average molecular weight is 395 g/mol. The van der Waals surface area contributed by atoms with Crippen LogP contribution in [0.15, 0.2) is 65.5 Å². The van der Waals surface area contributed by atoms with Gasteiger partial charge in [-0.05, 0) is 40.0 Å². The standard InChI is InChI=1S/C20H19BrN4/c1-2-6-15-9-10-24(13-15)14-25-19(16-7-4-3-5-8-16)23-18-11-17(21)12-22-20(18)25/h3-5,7-13H,2,6,14H2,1H3. The second-order valence-corrected chi connectivity index (χ2v) is 7.07. The molecule has 4 aromatic rings. The zero-order chi connectivity index (χ0) is 17.2. The Morgan fingerprint density at radius 1 is 1.12 bits per heavy atom.